The minimum atomic E-state index is 0. The van der Waals surface area contributed by atoms with E-state index in [9.17, 15) is 0 Å². The molecule has 5 heteroatoms. The highest BCUT2D eigenvalue weighted by molar-refractivity contribution is 14.0. The molecule has 1 aromatic rings. The molecule has 3 nitrogen and oxygen atoms in total. The summed E-state index contributed by atoms with van der Waals surface area (Å²) in [6.07, 6.45) is 2.31. The van der Waals surface area contributed by atoms with Crippen molar-refractivity contribution in [1.29, 1.82) is 0 Å². The van der Waals surface area contributed by atoms with E-state index in [1.807, 2.05) is 18.2 Å². The molecule has 0 heterocycles. The van der Waals surface area contributed by atoms with Crippen LogP contribution in [0.5, 0.6) is 0 Å². The molecule has 0 aromatic heterocycles. The normalized spacial score (nSPS) is 17.2. The minimum Gasteiger partial charge on any atom is -0.370 e. The van der Waals surface area contributed by atoms with Gasteiger partial charge in [0, 0.05) is 24.0 Å². The van der Waals surface area contributed by atoms with E-state index >= 15 is 0 Å². The average Bonchev–Trinajstić information content (AvgIpc) is 3.07. The topological polar surface area (TPSA) is 50.4 Å². The molecule has 1 aliphatic carbocycles. The second-order valence-electron chi connectivity index (χ2n) is 4.22. The van der Waals surface area contributed by atoms with Gasteiger partial charge in [-0.05, 0) is 24.5 Å². The molecule has 17 heavy (non-hydrogen) atoms. The van der Waals surface area contributed by atoms with Gasteiger partial charge in [0.2, 0.25) is 0 Å². The zero-order chi connectivity index (χ0) is 11.6. The zero-order valence-corrected chi connectivity index (χ0v) is 12.8. The van der Waals surface area contributed by atoms with Crippen molar-refractivity contribution in [3.05, 3.63) is 34.9 Å². The Labute approximate surface area is 124 Å². The Kier molecular flexibility index (Phi) is 5.06. The monoisotopic (exact) mass is 365 g/mol. The number of nitrogens with two attached hydrogens (primary N) is 1. The van der Waals surface area contributed by atoms with Gasteiger partial charge in [-0.2, -0.15) is 0 Å². The predicted octanol–water partition coefficient (Wildman–Crippen LogP) is 2.52. The summed E-state index contributed by atoms with van der Waals surface area (Å²) in [5.41, 5.74) is 7.01. The Hall–Kier alpha value is -0.490. The molecule has 0 aliphatic heterocycles. The molecule has 0 spiro atoms. The summed E-state index contributed by atoms with van der Waals surface area (Å²) in [5.74, 6) is 0.485. The van der Waals surface area contributed by atoms with E-state index in [0.717, 1.165) is 24.4 Å². The summed E-state index contributed by atoms with van der Waals surface area (Å²) in [6, 6.07) is 8.01. The average molecular weight is 366 g/mol. The lowest BCUT2D eigenvalue weighted by molar-refractivity contribution is 0.656. The number of rotatable bonds is 3. The number of nitrogens with zero attached hydrogens (tertiary/aromatic N) is 1. The highest BCUT2D eigenvalue weighted by Gasteiger charge is 2.45. The van der Waals surface area contributed by atoms with Gasteiger partial charge in [-0.25, -0.2) is 0 Å². The van der Waals surface area contributed by atoms with Gasteiger partial charge in [-0.15, -0.1) is 24.0 Å². The summed E-state index contributed by atoms with van der Waals surface area (Å²) in [7, 11) is 1.68. The molecule has 1 saturated carbocycles. The van der Waals surface area contributed by atoms with Gasteiger partial charge >= 0.3 is 0 Å². The van der Waals surface area contributed by atoms with Gasteiger partial charge in [0.25, 0.3) is 0 Å². The summed E-state index contributed by atoms with van der Waals surface area (Å²) in [4.78, 5) is 3.89. The van der Waals surface area contributed by atoms with E-state index in [0.29, 0.717) is 5.96 Å². The predicted molar refractivity (Wildman–Crippen MR) is 83.3 cm³/mol. The third kappa shape index (κ3) is 3.25. The summed E-state index contributed by atoms with van der Waals surface area (Å²) >= 11 is 6.21. The maximum Gasteiger partial charge on any atom is 0.188 e. The molecule has 0 radical (unpaired) electrons. The van der Waals surface area contributed by atoms with Crippen LogP contribution in [0.1, 0.15) is 18.4 Å². The van der Waals surface area contributed by atoms with Crippen LogP contribution in [-0.4, -0.2) is 19.6 Å². The van der Waals surface area contributed by atoms with Gasteiger partial charge in [-0.1, -0.05) is 29.8 Å². The third-order valence-electron chi connectivity index (χ3n) is 3.15. The number of halogens is 2. The molecule has 1 aliphatic rings. The lowest BCUT2D eigenvalue weighted by Gasteiger charge is -2.18. The quantitative estimate of drug-likeness (QED) is 0.491. The van der Waals surface area contributed by atoms with Crippen LogP contribution >= 0.6 is 35.6 Å². The number of guanidine groups is 1. The second-order valence-corrected chi connectivity index (χ2v) is 4.63. The molecular weight excluding hydrogens is 349 g/mol. The fourth-order valence-electron chi connectivity index (χ4n) is 1.92. The third-order valence-corrected chi connectivity index (χ3v) is 3.48. The van der Waals surface area contributed by atoms with Crippen molar-refractivity contribution < 1.29 is 0 Å². The van der Waals surface area contributed by atoms with Crippen LogP contribution in [0.15, 0.2) is 29.3 Å². The van der Waals surface area contributed by atoms with E-state index in [4.69, 9.17) is 17.3 Å². The Balaban J connectivity index is 0.00000144. The van der Waals surface area contributed by atoms with Crippen molar-refractivity contribution >= 4 is 41.5 Å². The van der Waals surface area contributed by atoms with Gasteiger partial charge in [0.15, 0.2) is 5.96 Å². The fraction of sp³-hybridized carbons (Fsp3) is 0.417. The first-order valence-corrected chi connectivity index (χ1v) is 5.77. The Morgan fingerprint density at radius 3 is 2.65 bits per heavy atom. The van der Waals surface area contributed by atoms with Crippen LogP contribution in [0, 0.1) is 0 Å². The van der Waals surface area contributed by atoms with Crippen molar-refractivity contribution in [3.8, 4) is 0 Å². The molecule has 0 atom stereocenters. The number of aliphatic imine (C=N–C) groups is 1. The van der Waals surface area contributed by atoms with E-state index in [1.165, 1.54) is 5.56 Å². The maximum absolute atomic E-state index is 6.21. The molecule has 94 valence electrons. The number of hydrogen-bond donors (Lipinski definition) is 2. The second kappa shape index (κ2) is 5.91. The molecule has 0 unspecified atom stereocenters. The van der Waals surface area contributed by atoms with E-state index in [1.54, 1.807) is 7.05 Å². The van der Waals surface area contributed by atoms with Crippen LogP contribution in [-0.2, 0) is 5.41 Å². The highest BCUT2D eigenvalue weighted by atomic mass is 127. The molecule has 0 bridgehead atoms. The van der Waals surface area contributed by atoms with Crippen molar-refractivity contribution in [2.24, 2.45) is 10.7 Å². The van der Waals surface area contributed by atoms with Crippen LogP contribution in [0.25, 0.3) is 0 Å². The first kappa shape index (κ1) is 14.6. The van der Waals surface area contributed by atoms with Crippen LogP contribution in [0.3, 0.4) is 0 Å². The minimum absolute atomic E-state index is 0. The van der Waals surface area contributed by atoms with E-state index in [2.05, 4.69) is 16.4 Å². The van der Waals surface area contributed by atoms with Crippen LogP contribution in [0.4, 0.5) is 0 Å². The number of benzene rings is 1. The molecule has 0 saturated heterocycles. The molecule has 2 rings (SSSR count). The molecular formula is C12H17ClIN3. The maximum atomic E-state index is 6.21. The number of hydrogen-bond acceptors (Lipinski definition) is 1. The van der Waals surface area contributed by atoms with Crippen molar-refractivity contribution in [3.63, 3.8) is 0 Å². The van der Waals surface area contributed by atoms with Crippen molar-refractivity contribution in [2.45, 2.75) is 18.3 Å². The lowest BCUT2D eigenvalue weighted by atomic mass is 9.96. The largest absolute Gasteiger partial charge is 0.370 e. The van der Waals surface area contributed by atoms with Crippen LogP contribution < -0.4 is 11.1 Å². The summed E-state index contributed by atoms with van der Waals surface area (Å²) in [5, 5.41) is 3.97. The standard InChI is InChI=1S/C12H16ClN3.HI/c1-15-11(14)16-8-12(6-7-12)9-4-2-3-5-10(9)13;/h2-5H,6-8H2,1H3,(H3,14,15,16);1H. The summed E-state index contributed by atoms with van der Waals surface area (Å²) in [6.45, 7) is 0.805. The lowest BCUT2D eigenvalue weighted by Crippen LogP contribution is -2.37. The zero-order valence-electron chi connectivity index (χ0n) is 9.74. The Morgan fingerprint density at radius 2 is 2.12 bits per heavy atom. The van der Waals surface area contributed by atoms with Gasteiger partial charge in [0.1, 0.15) is 0 Å². The van der Waals surface area contributed by atoms with Gasteiger partial charge in [0.05, 0.1) is 0 Å². The van der Waals surface area contributed by atoms with Gasteiger partial charge < -0.3 is 11.1 Å². The van der Waals surface area contributed by atoms with Crippen molar-refractivity contribution in [1.82, 2.24) is 5.32 Å². The first-order chi connectivity index (χ1) is 7.68. The first-order valence-electron chi connectivity index (χ1n) is 5.39. The van der Waals surface area contributed by atoms with E-state index in [-0.39, 0.29) is 29.4 Å². The fourth-order valence-corrected chi connectivity index (χ4v) is 2.26. The molecule has 1 fully saturated rings. The van der Waals surface area contributed by atoms with Crippen LogP contribution in [0.2, 0.25) is 5.02 Å². The van der Waals surface area contributed by atoms with E-state index < -0.39 is 0 Å². The molecule has 3 N–H and O–H groups in total. The summed E-state index contributed by atoms with van der Waals surface area (Å²) < 4.78 is 0. The highest BCUT2D eigenvalue weighted by Crippen LogP contribution is 2.49. The SMILES string of the molecule is CN=C(N)NCC1(c2ccccc2Cl)CC1.I. The Bertz CT molecular complexity index is 416. The number of nitrogens with one attached hydrogen (secondary N) is 1. The molecule has 1 aromatic carbocycles. The van der Waals surface area contributed by atoms with Gasteiger partial charge in [-0.3, -0.25) is 4.99 Å². The Morgan fingerprint density at radius 1 is 1.47 bits per heavy atom. The smallest absolute Gasteiger partial charge is 0.188 e. The van der Waals surface area contributed by atoms with Crippen molar-refractivity contribution in [2.75, 3.05) is 13.6 Å². The molecule has 0 amide bonds.